The van der Waals surface area contributed by atoms with Gasteiger partial charge in [-0.05, 0) is 61.4 Å². The number of carbonyl (C=O) groups is 2. The largest absolute Gasteiger partial charge is 0.384 e. The third kappa shape index (κ3) is 13.8. The van der Waals surface area contributed by atoms with Gasteiger partial charge in [0.05, 0.1) is 37.2 Å². The van der Waals surface area contributed by atoms with E-state index >= 15 is 0 Å². The number of hydrogen-bond donors (Lipinski definition) is 4. The lowest BCUT2D eigenvalue weighted by atomic mass is 10.1. The summed E-state index contributed by atoms with van der Waals surface area (Å²) in [6.45, 7) is 4.05. The van der Waals surface area contributed by atoms with Crippen molar-refractivity contribution >= 4 is 120 Å². The maximum atomic E-state index is 14.0. The van der Waals surface area contributed by atoms with Crippen LogP contribution in [0.4, 0.5) is 28.4 Å². The molecule has 55 heavy (non-hydrogen) atoms. The number of amides is 2. The van der Waals surface area contributed by atoms with Gasteiger partial charge in [-0.25, -0.2) is 28.6 Å². The van der Waals surface area contributed by atoms with E-state index in [1.807, 2.05) is 0 Å². The van der Waals surface area contributed by atoms with Gasteiger partial charge in [0.1, 0.15) is 5.69 Å². The number of nitrogens with one attached hydrogen (secondary N) is 3. The summed E-state index contributed by atoms with van der Waals surface area (Å²) in [4.78, 5) is 35.9. The molecule has 0 radical (unpaired) electrons. The molecule has 1 heterocycles. The summed E-state index contributed by atoms with van der Waals surface area (Å²) in [5, 5.41) is 12.9. The molecule has 1 aliphatic heterocycles. The van der Waals surface area contributed by atoms with Crippen LogP contribution in [0, 0.1) is 6.92 Å². The zero-order valence-corrected chi connectivity index (χ0v) is 35.4. The van der Waals surface area contributed by atoms with Gasteiger partial charge in [-0.1, -0.05) is 129 Å². The molecule has 1 aliphatic rings. The number of unbranched alkanes of at least 4 members (excludes halogenated alkanes) is 10. The van der Waals surface area contributed by atoms with Crippen LogP contribution in [0.5, 0.6) is 0 Å². The molecule has 0 saturated carbocycles. The van der Waals surface area contributed by atoms with Crippen molar-refractivity contribution < 1.29 is 18.0 Å². The van der Waals surface area contributed by atoms with Crippen LogP contribution in [-0.4, -0.2) is 44.1 Å². The van der Waals surface area contributed by atoms with Gasteiger partial charge in [-0.15, -0.1) is 0 Å². The summed E-state index contributed by atoms with van der Waals surface area (Å²) in [5.41, 5.74) is 5.15. The Hall–Kier alpha value is -3.10. The number of rotatable bonds is 20. The van der Waals surface area contributed by atoms with Crippen molar-refractivity contribution in [2.45, 2.75) is 90.9 Å². The number of anilines is 3. The number of nitrogens with zero attached hydrogens (tertiary/aromatic N) is 3. The molecule has 1 fully saturated rings. The molecule has 0 atom stereocenters. The lowest BCUT2D eigenvalue weighted by Gasteiger charge is -2.18. The van der Waals surface area contributed by atoms with E-state index in [0.717, 1.165) is 24.3 Å². The van der Waals surface area contributed by atoms with E-state index in [1.54, 1.807) is 37.3 Å². The van der Waals surface area contributed by atoms with Crippen molar-refractivity contribution in [2.24, 2.45) is 15.1 Å². The molecule has 0 spiro atoms. The maximum Gasteiger partial charge on any atom is 0.299 e. The zero-order chi connectivity index (χ0) is 40.1. The number of halogens is 5. The SMILES string of the molecule is CCCCCCCCCCCCCC(=O)Nc1ccc(N=C2NN(c3c(Cl)cc(Cl)cc3Cl)C(=O)C2=Nc2cc(C)c(NCCS(N)(=O)=O)cc2Cl)c(Cl)c1. The number of benzene rings is 3. The lowest BCUT2D eigenvalue weighted by molar-refractivity contribution is -0.116. The van der Waals surface area contributed by atoms with Crippen LogP contribution in [0.3, 0.4) is 0 Å². The van der Waals surface area contributed by atoms with Gasteiger partial charge in [0.25, 0.3) is 5.91 Å². The minimum atomic E-state index is -3.67. The lowest BCUT2D eigenvalue weighted by Crippen LogP contribution is -2.36. The van der Waals surface area contributed by atoms with Gasteiger partial charge in [0.15, 0.2) is 11.5 Å². The first-order chi connectivity index (χ1) is 26.2. The molecule has 17 heteroatoms. The van der Waals surface area contributed by atoms with Crippen LogP contribution in [0.25, 0.3) is 0 Å². The number of hydrogen-bond acceptors (Lipinski definition) is 7. The number of hydrazine groups is 1. The van der Waals surface area contributed by atoms with E-state index in [1.165, 1.54) is 63.5 Å². The predicted molar refractivity (Wildman–Crippen MR) is 230 cm³/mol. The fourth-order valence-electron chi connectivity index (χ4n) is 5.86. The molecule has 3 aromatic rings. The van der Waals surface area contributed by atoms with Gasteiger partial charge in [-0.2, -0.15) is 0 Å². The maximum absolute atomic E-state index is 14.0. The third-order valence-electron chi connectivity index (χ3n) is 8.75. The van der Waals surface area contributed by atoms with Crippen molar-refractivity contribution in [3.05, 3.63) is 73.1 Å². The first-order valence-corrected chi connectivity index (χ1v) is 21.8. The van der Waals surface area contributed by atoms with Gasteiger partial charge in [0.2, 0.25) is 15.9 Å². The van der Waals surface area contributed by atoms with Gasteiger partial charge >= 0.3 is 0 Å². The Kier molecular flexibility index (Phi) is 17.4. The summed E-state index contributed by atoms with van der Waals surface area (Å²) in [7, 11) is -3.67. The summed E-state index contributed by atoms with van der Waals surface area (Å²) in [6, 6.07) is 10.9. The Bertz CT molecular complexity index is 2000. The Balaban J connectivity index is 1.50. The van der Waals surface area contributed by atoms with Crippen LogP contribution in [0.2, 0.25) is 25.1 Å². The molecular weight excluding hydrogens is 828 g/mol. The smallest absolute Gasteiger partial charge is 0.299 e. The second-order valence-electron chi connectivity index (χ2n) is 13.3. The van der Waals surface area contributed by atoms with E-state index in [2.05, 4.69) is 33.0 Å². The number of primary sulfonamides is 1. The second-order valence-corrected chi connectivity index (χ2v) is 17.1. The van der Waals surface area contributed by atoms with E-state index in [4.69, 9.17) is 63.1 Å². The van der Waals surface area contributed by atoms with Gasteiger partial charge < -0.3 is 10.6 Å². The average Bonchev–Trinajstić information content (AvgIpc) is 3.39. The van der Waals surface area contributed by atoms with E-state index in [0.29, 0.717) is 23.4 Å². The second kappa shape index (κ2) is 21.4. The molecule has 298 valence electrons. The third-order valence-corrected chi connectivity index (χ3v) is 10.9. The minimum absolute atomic E-state index is 0.00587. The number of sulfonamides is 1. The molecule has 1 saturated heterocycles. The molecule has 0 aromatic heterocycles. The molecule has 0 unspecified atom stereocenters. The number of aliphatic imine (C=N–C) groups is 2. The highest BCUT2D eigenvalue weighted by Crippen LogP contribution is 2.38. The van der Waals surface area contributed by atoms with Gasteiger partial charge in [0, 0.05) is 29.4 Å². The van der Waals surface area contributed by atoms with E-state index in [9.17, 15) is 18.0 Å². The summed E-state index contributed by atoms with van der Waals surface area (Å²) >= 11 is 32.4. The fourth-order valence-corrected chi connectivity index (χ4v) is 7.66. The van der Waals surface area contributed by atoms with Gasteiger partial charge in [-0.3, -0.25) is 15.0 Å². The summed E-state index contributed by atoms with van der Waals surface area (Å²) in [6.07, 6.45) is 13.6. The number of carbonyl (C=O) groups excluding carboxylic acids is 2. The number of amidine groups is 1. The van der Waals surface area contributed by atoms with E-state index in [-0.39, 0.29) is 71.9 Å². The highest BCUT2D eigenvalue weighted by Gasteiger charge is 2.37. The van der Waals surface area contributed by atoms with Crippen molar-refractivity contribution in [3.63, 3.8) is 0 Å². The highest BCUT2D eigenvalue weighted by atomic mass is 35.5. The van der Waals surface area contributed by atoms with Crippen molar-refractivity contribution in [2.75, 3.05) is 27.9 Å². The monoisotopic (exact) mass is 871 g/mol. The normalized spacial score (nSPS) is 14.5. The molecule has 0 aliphatic carbocycles. The van der Waals surface area contributed by atoms with Crippen LogP contribution in [-0.2, 0) is 19.6 Å². The van der Waals surface area contributed by atoms with Crippen LogP contribution < -0.4 is 26.2 Å². The summed E-state index contributed by atoms with van der Waals surface area (Å²) < 4.78 is 22.7. The highest BCUT2D eigenvalue weighted by molar-refractivity contribution is 7.89. The van der Waals surface area contributed by atoms with Crippen LogP contribution in [0.15, 0.2) is 52.4 Å². The molecule has 11 nitrogen and oxygen atoms in total. The fraction of sp³-hybridized carbons (Fsp3) is 0.421. The topological polar surface area (TPSA) is 158 Å². The first kappa shape index (κ1) is 44.6. The van der Waals surface area contributed by atoms with Crippen molar-refractivity contribution in [1.82, 2.24) is 5.43 Å². The molecule has 5 N–H and O–H groups in total. The van der Waals surface area contributed by atoms with Crippen molar-refractivity contribution in [3.8, 4) is 0 Å². The Morgan fingerprint density at radius 1 is 0.800 bits per heavy atom. The molecule has 0 bridgehead atoms. The summed E-state index contributed by atoms with van der Waals surface area (Å²) in [5.74, 6) is -1.04. The minimum Gasteiger partial charge on any atom is -0.384 e. The number of aryl methyl sites for hydroxylation is 1. The first-order valence-electron chi connectivity index (χ1n) is 18.2. The Labute approximate surface area is 348 Å². The Morgan fingerprint density at radius 3 is 2.00 bits per heavy atom. The molecule has 3 aromatic carbocycles. The van der Waals surface area contributed by atoms with Crippen LogP contribution >= 0.6 is 58.0 Å². The Morgan fingerprint density at radius 2 is 1.40 bits per heavy atom. The zero-order valence-electron chi connectivity index (χ0n) is 30.8. The molecular formula is C38H46Cl5N7O4S. The quantitative estimate of drug-likeness (QED) is 0.0828. The number of nitrogens with two attached hydrogens (primary N) is 1. The van der Waals surface area contributed by atoms with Crippen molar-refractivity contribution in [1.29, 1.82) is 0 Å². The standard InChI is InChI=1S/C38H46Cl5N7O4S/c1-3-4-5-6-7-8-9-10-11-12-13-14-34(51)46-26-15-16-31(27(40)22-26)48-37-35(38(52)50(49-37)36-29(42)20-25(39)21-30(36)43)47-33-19-24(2)32(23-28(33)41)45-17-18-55(44,53)54/h15-16,19-23,45H,3-14,17-18H2,1-2H3,(H,46,51)(H,48,49)(H2,44,53,54). The predicted octanol–water partition coefficient (Wildman–Crippen LogP) is 11.0. The van der Waals surface area contributed by atoms with E-state index < -0.39 is 15.9 Å². The average molecular weight is 874 g/mol. The van der Waals surface area contributed by atoms with Crippen LogP contribution in [0.1, 0.15) is 89.5 Å². The molecule has 2 amide bonds. The molecule has 4 rings (SSSR count).